The summed E-state index contributed by atoms with van der Waals surface area (Å²) in [5.74, 6) is -0.0725. The molecule has 0 aliphatic heterocycles. The van der Waals surface area contributed by atoms with Crippen LogP contribution < -0.4 is 15.0 Å². The van der Waals surface area contributed by atoms with Crippen LogP contribution in [0.3, 0.4) is 0 Å². The number of nitrogens with one attached hydrogen (secondary N) is 1. The van der Waals surface area contributed by atoms with E-state index >= 15 is 0 Å². The zero-order valence-corrected chi connectivity index (χ0v) is 13.4. The van der Waals surface area contributed by atoms with Gasteiger partial charge < -0.3 is 15.0 Å². The van der Waals surface area contributed by atoms with E-state index in [-0.39, 0.29) is 12.5 Å². The topological polar surface area (TPSA) is 82.4 Å². The minimum Gasteiger partial charge on any atom is -0.497 e. The van der Waals surface area contributed by atoms with Gasteiger partial charge in [-0.25, -0.2) is 0 Å². The van der Waals surface area contributed by atoms with Crippen molar-refractivity contribution in [3.63, 3.8) is 0 Å². The second-order valence-corrected chi connectivity index (χ2v) is 5.01. The van der Waals surface area contributed by atoms with Crippen molar-refractivity contribution in [3.05, 3.63) is 54.1 Å². The van der Waals surface area contributed by atoms with Gasteiger partial charge in [0.2, 0.25) is 11.8 Å². The van der Waals surface area contributed by atoms with Crippen molar-refractivity contribution in [2.24, 2.45) is 0 Å². The number of nitrogens with zero attached hydrogens (tertiary/aromatic N) is 2. The molecule has 24 heavy (non-hydrogen) atoms. The summed E-state index contributed by atoms with van der Waals surface area (Å²) in [5, 5.41) is 11.7. The average Bonchev–Trinajstić information content (AvgIpc) is 2.60. The van der Waals surface area contributed by atoms with Crippen molar-refractivity contribution >= 4 is 23.2 Å². The highest BCUT2D eigenvalue weighted by atomic mass is 16.5. The number of ether oxygens (including phenoxy) is 1. The van der Waals surface area contributed by atoms with Crippen molar-refractivity contribution in [1.82, 2.24) is 0 Å². The molecule has 0 atom stereocenters. The fraction of sp³-hybridized carbons (Fsp3) is 0.167. The van der Waals surface area contributed by atoms with Crippen molar-refractivity contribution in [2.75, 3.05) is 23.9 Å². The molecule has 122 valence electrons. The molecule has 0 aliphatic carbocycles. The molecule has 2 aromatic carbocycles. The fourth-order valence-electron chi connectivity index (χ4n) is 2.19. The largest absolute Gasteiger partial charge is 0.497 e. The molecular weight excluding hydrogens is 306 g/mol. The second kappa shape index (κ2) is 7.79. The van der Waals surface area contributed by atoms with Gasteiger partial charge in [-0.05, 0) is 24.3 Å². The van der Waals surface area contributed by atoms with Gasteiger partial charge in [-0.15, -0.1) is 0 Å². The molecule has 0 heterocycles. The Bertz CT molecular complexity index is 796. The zero-order valence-electron chi connectivity index (χ0n) is 13.4. The minimum atomic E-state index is -0.393. The van der Waals surface area contributed by atoms with E-state index in [1.54, 1.807) is 48.5 Å². The number of benzene rings is 2. The first-order valence-corrected chi connectivity index (χ1v) is 7.26. The van der Waals surface area contributed by atoms with Crippen LogP contribution in [0.5, 0.6) is 5.75 Å². The number of carbonyl (C=O) groups is 2. The van der Waals surface area contributed by atoms with Gasteiger partial charge in [0.1, 0.15) is 18.4 Å². The van der Waals surface area contributed by atoms with Crippen molar-refractivity contribution < 1.29 is 14.3 Å². The smallest absolute Gasteiger partial charge is 0.244 e. The number of hydrogen-bond donors (Lipinski definition) is 1. The van der Waals surface area contributed by atoms with Crippen LogP contribution >= 0.6 is 0 Å². The molecular formula is C18H17N3O3. The second-order valence-electron chi connectivity index (χ2n) is 5.01. The number of para-hydroxylation sites is 1. The van der Waals surface area contributed by atoms with E-state index in [4.69, 9.17) is 10.00 Å². The van der Waals surface area contributed by atoms with Crippen LogP contribution in [0.1, 0.15) is 12.5 Å². The van der Waals surface area contributed by atoms with E-state index in [0.29, 0.717) is 22.7 Å². The Morgan fingerprint density at radius 3 is 2.62 bits per heavy atom. The minimum absolute atomic E-state index is 0.164. The van der Waals surface area contributed by atoms with Crippen LogP contribution in [0.4, 0.5) is 11.4 Å². The highest BCUT2D eigenvalue weighted by Gasteiger charge is 2.17. The van der Waals surface area contributed by atoms with Crippen LogP contribution in [0.2, 0.25) is 0 Å². The van der Waals surface area contributed by atoms with Crippen molar-refractivity contribution in [2.45, 2.75) is 6.92 Å². The zero-order chi connectivity index (χ0) is 17.5. The predicted molar refractivity (Wildman–Crippen MR) is 90.8 cm³/mol. The summed E-state index contributed by atoms with van der Waals surface area (Å²) in [6.07, 6.45) is 0. The molecule has 0 saturated carbocycles. The van der Waals surface area contributed by atoms with Crippen LogP contribution in [0, 0.1) is 11.3 Å². The Morgan fingerprint density at radius 2 is 1.96 bits per heavy atom. The standard InChI is InChI=1S/C18H17N3O3/c1-13(22)21(15-7-5-8-16(10-15)24-2)12-18(23)20-17-9-4-3-6-14(17)11-19/h3-10H,12H2,1-2H3,(H,20,23). The van der Waals surface area contributed by atoms with Crippen molar-refractivity contribution in [1.29, 1.82) is 5.26 Å². The number of carbonyl (C=O) groups excluding carboxylic acids is 2. The van der Waals surface area contributed by atoms with Crippen molar-refractivity contribution in [3.8, 4) is 11.8 Å². The lowest BCUT2D eigenvalue weighted by molar-refractivity contribution is -0.120. The summed E-state index contributed by atoms with van der Waals surface area (Å²) in [6.45, 7) is 1.22. The molecule has 2 rings (SSSR count). The third-order valence-electron chi connectivity index (χ3n) is 3.37. The first kappa shape index (κ1) is 17.0. The fourth-order valence-corrected chi connectivity index (χ4v) is 2.19. The van der Waals surface area contributed by atoms with Gasteiger partial charge in [-0.3, -0.25) is 9.59 Å². The third-order valence-corrected chi connectivity index (χ3v) is 3.37. The summed E-state index contributed by atoms with van der Waals surface area (Å²) < 4.78 is 5.14. The van der Waals surface area contributed by atoms with Crippen LogP contribution in [0.25, 0.3) is 0 Å². The number of anilines is 2. The molecule has 2 aromatic rings. The maximum atomic E-state index is 12.3. The molecule has 0 aromatic heterocycles. The highest BCUT2D eigenvalue weighted by molar-refractivity contribution is 6.02. The lowest BCUT2D eigenvalue weighted by atomic mass is 10.2. The lowest BCUT2D eigenvalue weighted by Gasteiger charge is -2.21. The molecule has 6 nitrogen and oxygen atoms in total. The molecule has 0 radical (unpaired) electrons. The molecule has 6 heteroatoms. The van der Waals surface area contributed by atoms with E-state index in [1.165, 1.54) is 18.9 Å². The monoisotopic (exact) mass is 323 g/mol. The van der Waals surface area contributed by atoms with Gasteiger partial charge in [0.25, 0.3) is 0 Å². The van der Waals surface area contributed by atoms with E-state index in [0.717, 1.165) is 0 Å². The van der Waals surface area contributed by atoms with Gasteiger partial charge in [0.05, 0.1) is 18.4 Å². The normalized spacial score (nSPS) is 9.71. The van der Waals surface area contributed by atoms with E-state index < -0.39 is 5.91 Å². The van der Waals surface area contributed by atoms with E-state index in [2.05, 4.69) is 5.32 Å². The van der Waals surface area contributed by atoms with Gasteiger partial charge in [0, 0.05) is 18.7 Å². The third kappa shape index (κ3) is 4.11. The molecule has 0 fully saturated rings. The maximum Gasteiger partial charge on any atom is 0.244 e. The van der Waals surface area contributed by atoms with Gasteiger partial charge in [0.15, 0.2) is 0 Å². The quantitative estimate of drug-likeness (QED) is 0.916. The summed E-state index contributed by atoms with van der Waals surface area (Å²) in [5.41, 5.74) is 1.34. The van der Waals surface area contributed by atoms with E-state index in [9.17, 15) is 9.59 Å². The Balaban J connectivity index is 2.17. The average molecular weight is 323 g/mol. The lowest BCUT2D eigenvalue weighted by Crippen LogP contribution is -2.36. The summed E-state index contributed by atoms with van der Waals surface area (Å²) in [7, 11) is 1.53. The maximum absolute atomic E-state index is 12.3. The van der Waals surface area contributed by atoms with Gasteiger partial charge in [-0.2, -0.15) is 5.26 Å². The SMILES string of the molecule is COc1cccc(N(CC(=O)Nc2ccccc2C#N)C(C)=O)c1. The summed E-state index contributed by atoms with van der Waals surface area (Å²) in [4.78, 5) is 25.5. The first-order valence-electron chi connectivity index (χ1n) is 7.26. The Morgan fingerprint density at radius 1 is 1.21 bits per heavy atom. The first-order chi connectivity index (χ1) is 11.5. The van der Waals surface area contributed by atoms with Crippen LogP contribution in [-0.4, -0.2) is 25.5 Å². The number of nitriles is 1. The molecule has 0 spiro atoms. The number of amides is 2. The molecule has 0 aliphatic rings. The molecule has 0 unspecified atom stereocenters. The number of methoxy groups -OCH3 is 1. The molecule has 2 amide bonds. The van der Waals surface area contributed by atoms with Crippen LogP contribution in [-0.2, 0) is 9.59 Å². The Hall–Kier alpha value is -3.33. The van der Waals surface area contributed by atoms with Gasteiger partial charge >= 0.3 is 0 Å². The highest BCUT2D eigenvalue weighted by Crippen LogP contribution is 2.21. The van der Waals surface area contributed by atoms with Gasteiger partial charge in [-0.1, -0.05) is 18.2 Å². The number of hydrogen-bond acceptors (Lipinski definition) is 4. The van der Waals surface area contributed by atoms with E-state index in [1.807, 2.05) is 6.07 Å². The summed E-state index contributed by atoms with van der Waals surface area (Å²) in [6, 6.07) is 15.6. The number of rotatable bonds is 5. The summed E-state index contributed by atoms with van der Waals surface area (Å²) >= 11 is 0. The molecule has 0 bridgehead atoms. The Labute approximate surface area is 140 Å². The molecule has 1 N–H and O–H groups in total. The van der Waals surface area contributed by atoms with Crippen LogP contribution in [0.15, 0.2) is 48.5 Å². The molecule has 0 saturated heterocycles. The predicted octanol–water partition coefficient (Wildman–Crippen LogP) is 2.56. The Kier molecular flexibility index (Phi) is 5.53.